The van der Waals surface area contributed by atoms with Gasteiger partial charge in [-0.2, -0.15) is 0 Å². The summed E-state index contributed by atoms with van der Waals surface area (Å²) in [6, 6.07) is 7.32. The number of carbonyl (C=O) groups is 1. The van der Waals surface area contributed by atoms with E-state index in [-0.39, 0.29) is 5.91 Å². The number of amides is 1. The number of halogens is 2. The third-order valence-electron chi connectivity index (χ3n) is 1.82. The maximum atomic E-state index is 11.5. The Morgan fingerprint density at radius 3 is 2.54 bits per heavy atom. The van der Waals surface area contributed by atoms with Gasteiger partial charge in [-0.1, -0.05) is 12.1 Å². The standard InChI is InChI=1S/C8H4BrINO2/c9-11-7(12)5-3-1-2-4-6(5)8(11)13-10/h1-4H/q+1. The zero-order valence-electron chi connectivity index (χ0n) is 6.33. The number of carbonyl (C=O) groups excluding carboxylic acids is 1. The zero-order valence-corrected chi connectivity index (χ0v) is 10.1. The first-order valence-electron chi connectivity index (χ1n) is 3.51. The van der Waals surface area contributed by atoms with E-state index < -0.39 is 0 Å². The van der Waals surface area contributed by atoms with Gasteiger partial charge in [-0.3, -0.25) is 0 Å². The fourth-order valence-corrected chi connectivity index (χ4v) is 2.39. The molecule has 5 heteroatoms. The lowest BCUT2D eigenvalue weighted by Gasteiger charge is -1.90. The molecule has 1 aliphatic rings. The van der Waals surface area contributed by atoms with Gasteiger partial charge < -0.3 is 3.07 Å². The summed E-state index contributed by atoms with van der Waals surface area (Å²) < 4.78 is 6.39. The molecule has 0 bridgehead atoms. The van der Waals surface area contributed by atoms with E-state index in [9.17, 15) is 4.79 Å². The second-order valence-corrected chi connectivity index (χ2v) is 3.66. The normalized spacial score (nSPS) is 14.8. The summed E-state index contributed by atoms with van der Waals surface area (Å²) in [5, 5.41) is 0. The molecule has 1 amide bonds. The molecule has 0 saturated carbocycles. The second-order valence-electron chi connectivity index (χ2n) is 2.51. The molecule has 66 valence electrons. The maximum absolute atomic E-state index is 11.5. The van der Waals surface area contributed by atoms with Crippen molar-refractivity contribution < 1.29 is 11.5 Å². The van der Waals surface area contributed by atoms with Crippen LogP contribution in [0.5, 0.6) is 0 Å². The number of hydrogen-bond acceptors (Lipinski definition) is 2. The molecule has 1 aliphatic heterocycles. The van der Waals surface area contributed by atoms with Gasteiger partial charge in [0.2, 0.25) is 0 Å². The van der Waals surface area contributed by atoms with Crippen molar-refractivity contribution in [3.05, 3.63) is 35.4 Å². The fraction of sp³-hybridized carbons (Fsp3) is 0. The third kappa shape index (κ3) is 1.30. The first kappa shape index (κ1) is 9.14. The van der Waals surface area contributed by atoms with Crippen molar-refractivity contribution in [1.82, 2.24) is 0 Å². The van der Waals surface area contributed by atoms with E-state index in [4.69, 9.17) is 3.07 Å². The van der Waals surface area contributed by atoms with Crippen LogP contribution in [0, 0.1) is 0 Å². The summed E-state index contributed by atoms with van der Waals surface area (Å²) in [6.07, 6.45) is 0. The summed E-state index contributed by atoms with van der Waals surface area (Å²) >= 11 is 4.88. The molecule has 0 spiro atoms. The molecule has 0 N–H and O–H groups in total. The molecular weight excluding hydrogens is 349 g/mol. The quantitative estimate of drug-likeness (QED) is 0.529. The lowest BCUT2D eigenvalue weighted by atomic mass is 10.1. The molecule has 0 fully saturated rings. The van der Waals surface area contributed by atoms with E-state index >= 15 is 0 Å². The highest BCUT2D eigenvalue weighted by atomic mass is 127. The number of benzene rings is 1. The molecule has 3 nitrogen and oxygen atoms in total. The van der Waals surface area contributed by atoms with Crippen LogP contribution in [-0.4, -0.2) is 15.4 Å². The van der Waals surface area contributed by atoms with Gasteiger partial charge in [-0.05, 0) is 15.7 Å². The van der Waals surface area contributed by atoms with Gasteiger partial charge >= 0.3 is 28.0 Å². The van der Waals surface area contributed by atoms with Crippen molar-refractivity contribution >= 4 is 51.0 Å². The van der Waals surface area contributed by atoms with Gasteiger partial charge in [0.05, 0.1) is 0 Å². The third-order valence-corrected chi connectivity index (χ3v) is 2.88. The van der Waals surface area contributed by atoms with E-state index in [1.807, 2.05) is 18.2 Å². The van der Waals surface area contributed by atoms with Crippen LogP contribution in [0.3, 0.4) is 0 Å². The molecule has 0 aromatic heterocycles. The number of rotatable bonds is 0. The van der Waals surface area contributed by atoms with Gasteiger partial charge in [0.15, 0.2) is 23.0 Å². The molecule has 0 unspecified atom stereocenters. The molecule has 0 saturated heterocycles. The predicted molar refractivity (Wildman–Crippen MR) is 59.2 cm³/mol. The highest BCUT2D eigenvalue weighted by molar-refractivity contribution is 14.1. The minimum absolute atomic E-state index is 0.0951. The average molecular weight is 353 g/mol. The fourth-order valence-electron chi connectivity index (χ4n) is 1.23. The van der Waals surface area contributed by atoms with Gasteiger partial charge in [0, 0.05) is 0 Å². The van der Waals surface area contributed by atoms with Crippen LogP contribution in [-0.2, 0) is 3.07 Å². The van der Waals surface area contributed by atoms with Gasteiger partial charge in [0.1, 0.15) is 11.1 Å². The Balaban J connectivity index is 2.67. The largest absolute Gasteiger partial charge is 0.435 e. The molecule has 0 atom stereocenters. The molecule has 1 aromatic rings. The van der Waals surface area contributed by atoms with Crippen molar-refractivity contribution in [2.75, 3.05) is 0 Å². The highest BCUT2D eigenvalue weighted by Gasteiger charge is 2.38. The van der Waals surface area contributed by atoms with E-state index in [0.717, 1.165) is 5.56 Å². The van der Waals surface area contributed by atoms with Crippen molar-refractivity contribution in [1.29, 1.82) is 0 Å². The van der Waals surface area contributed by atoms with Gasteiger partial charge in [0.25, 0.3) is 0 Å². The molecule has 0 aliphatic carbocycles. The predicted octanol–water partition coefficient (Wildman–Crippen LogP) is 2.28. The second kappa shape index (κ2) is 3.38. The maximum Gasteiger partial charge on any atom is 0.435 e. The summed E-state index contributed by atoms with van der Waals surface area (Å²) in [7, 11) is 0. The molecule has 1 heterocycles. The molecule has 13 heavy (non-hydrogen) atoms. The lowest BCUT2D eigenvalue weighted by Crippen LogP contribution is -2.09. The topological polar surface area (TPSA) is 29.3 Å². The minimum atomic E-state index is -0.0951. The summed E-state index contributed by atoms with van der Waals surface area (Å²) in [5.74, 6) is 0.434. The summed E-state index contributed by atoms with van der Waals surface area (Å²) in [4.78, 5) is 11.5. The highest BCUT2D eigenvalue weighted by Crippen LogP contribution is 2.22. The Morgan fingerprint density at radius 1 is 1.31 bits per heavy atom. The van der Waals surface area contributed by atoms with Crippen molar-refractivity contribution in [3.8, 4) is 0 Å². The minimum Gasteiger partial charge on any atom is -0.372 e. The molecule has 1 aromatic carbocycles. The zero-order chi connectivity index (χ0) is 9.42. The Bertz CT molecular complexity index is 416. The van der Waals surface area contributed by atoms with Crippen LogP contribution in [0.2, 0.25) is 0 Å². The van der Waals surface area contributed by atoms with Crippen LogP contribution >= 0.6 is 39.2 Å². The number of fused-ring (bicyclic) bond motifs is 1. The van der Waals surface area contributed by atoms with Crippen molar-refractivity contribution in [2.45, 2.75) is 0 Å². The first-order valence-corrected chi connectivity index (χ1v) is 5.10. The molecule has 0 radical (unpaired) electrons. The van der Waals surface area contributed by atoms with Gasteiger partial charge in [-0.15, -0.1) is 0 Å². The summed E-state index contributed by atoms with van der Waals surface area (Å²) in [5.41, 5.74) is 1.48. The Hall–Kier alpha value is -0.430. The Morgan fingerprint density at radius 2 is 1.92 bits per heavy atom. The van der Waals surface area contributed by atoms with Crippen LogP contribution in [0.4, 0.5) is 0 Å². The van der Waals surface area contributed by atoms with Crippen LogP contribution in [0.25, 0.3) is 0 Å². The van der Waals surface area contributed by atoms with Crippen LogP contribution < -0.4 is 0 Å². The van der Waals surface area contributed by atoms with Crippen LogP contribution in [0.15, 0.2) is 24.3 Å². The van der Waals surface area contributed by atoms with Crippen molar-refractivity contribution in [3.63, 3.8) is 0 Å². The van der Waals surface area contributed by atoms with Crippen LogP contribution in [0.1, 0.15) is 15.9 Å². The summed E-state index contributed by atoms with van der Waals surface area (Å²) in [6.45, 7) is 0. The SMILES string of the molecule is O=C1c2ccccc2C(OI)=[N+]1Br. The van der Waals surface area contributed by atoms with E-state index in [1.165, 1.54) is 3.60 Å². The monoisotopic (exact) mass is 352 g/mol. The van der Waals surface area contributed by atoms with E-state index in [0.29, 0.717) is 11.5 Å². The molecule has 2 rings (SSSR count). The number of nitrogens with zero attached hydrogens (tertiary/aromatic N) is 1. The first-order chi connectivity index (χ1) is 6.25. The van der Waals surface area contributed by atoms with Crippen molar-refractivity contribution in [2.24, 2.45) is 0 Å². The Kier molecular flexibility index (Phi) is 2.37. The lowest BCUT2D eigenvalue weighted by molar-refractivity contribution is -0.225. The number of hydrogen-bond donors (Lipinski definition) is 0. The Labute approximate surface area is 97.4 Å². The average Bonchev–Trinajstić information content (AvgIpc) is 2.41. The smallest absolute Gasteiger partial charge is 0.372 e. The van der Waals surface area contributed by atoms with E-state index in [1.54, 1.807) is 29.1 Å². The van der Waals surface area contributed by atoms with Gasteiger partial charge in [-0.25, -0.2) is 4.79 Å². The van der Waals surface area contributed by atoms with E-state index in [2.05, 4.69) is 16.1 Å². The molecular formula is C8H4BrINO2+.